The van der Waals surface area contributed by atoms with Crippen molar-refractivity contribution < 1.29 is 4.42 Å². The molecule has 0 aliphatic carbocycles. The Kier molecular flexibility index (Phi) is 3.86. The first-order valence-corrected chi connectivity index (χ1v) is 8.51. The minimum atomic E-state index is 0.729. The lowest BCUT2D eigenvalue weighted by atomic mass is 10.1. The van der Waals surface area contributed by atoms with Gasteiger partial charge in [0.05, 0.1) is 0 Å². The van der Waals surface area contributed by atoms with E-state index in [0.29, 0.717) is 0 Å². The van der Waals surface area contributed by atoms with Gasteiger partial charge < -0.3 is 4.42 Å². The van der Waals surface area contributed by atoms with Gasteiger partial charge in [0.15, 0.2) is 5.09 Å². The second-order valence-electron chi connectivity index (χ2n) is 5.19. The Morgan fingerprint density at radius 1 is 0.783 bits per heavy atom. The number of furan rings is 1. The van der Waals surface area contributed by atoms with Crippen LogP contribution in [0.1, 0.15) is 0 Å². The lowest BCUT2D eigenvalue weighted by molar-refractivity contribution is 0.517. The van der Waals surface area contributed by atoms with E-state index in [9.17, 15) is 0 Å². The number of rotatable bonds is 3. The van der Waals surface area contributed by atoms with Crippen LogP contribution in [-0.4, -0.2) is 0 Å². The molecular formula is C20H13ClOS. The summed E-state index contributed by atoms with van der Waals surface area (Å²) in [6.45, 7) is 0. The van der Waals surface area contributed by atoms with Crippen LogP contribution in [0.4, 0.5) is 0 Å². The van der Waals surface area contributed by atoms with Gasteiger partial charge in [-0.1, -0.05) is 78.0 Å². The Morgan fingerprint density at radius 2 is 1.57 bits per heavy atom. The zero-order valence-corrected chi connectivity index (χ0v) is 13.8. The molecule has 0 unspecified atom stereocenters. The third-order valence-corrected chi connectivity index (χ3v) is 4.83. The molecule has 0 fully saturated rings. The summed E-state index contributed by atoms with van der Waals surface area (Å²) in [6, 6.07) is 26.3. The zero-order valence-electron chi connectivity index (χ0n) is 12.2. The Hall–Kier alpha value is -2.16. The molecule has 0 radical (unpaired) electrons. The van der Waals surface area contributed by atoms with Crippen molar-refractivity contribution in [3.05, 3.63) is 83.9 Å². The van der Waals surface area contributed by atoms with Gasteiger partial charge in [0.2, 0.25) is 0 Å². The van der Waals surface area contributed by atoms with E-state index in [2.05, 4.69) is 18.2 Å². The molecule has 1 aromatic heterocycles. The maximum atomic E-state index is 6.12. The summed E-state index contributed by atoms with van der Waals surface area (Å²) in [5.74, 6) is 0. The van der Waals surface area contributed by atoms with E-state index >= 15 is 0 Å². The summed E-state index contributed by atoms with van der Waals surface area (Å²) in [6.07, 6.45) is 0. The molecule has 0 aliphatic heterocycles. The maximum absolute atomic E-state index is 6.12. The lowest BCUT2D eigenvalue weighted by Gasteiger charge is -2.04. The Balaban J connectivity index is 1.89. The van der Waals surface area contributed by atoms with Gasteiger partial charge in [-0.25, -0.2) is 0 Å². The molecule has 0 aliphatic rings. The van der Waals surface area contributed by atoms with E-state index in [1.807, 2.05) is 60.7 Å². The van der Waals surface area contributed by atoms with E-state index in [1.54, 1.807) is 11.8 Å². The summed E-state index contributed by atoms with van der Waals surface area (Å²) in [5.41, 5.74) is 3.18. The highest BCUT2D eigenvalue weighted by molar-refractivity contribution is 7.99. The summed E-state index contributed by atoms with van der Waals surface area (Å²) < 4.78 is 6.12. The highest BCUT2D eigenvalue weighted by atomic mass is 35.5. The summed E-state index contributed by atoms with van der Waals surface area (Å²) in [7, 11) is 0. The van der Waals surface area contributed by atoms with Crippen LogP contribution in [-0.2, 0) is 0 Å². The summed E-state index contributed by atoms with van der Waals surface area (Å²) in [4.78, 5) is 1.06. The molecule has 0 atom stereocenters. The lowest BCUT2D eigenvalue weighted by Crippen LogP contribution is -1.78. The number of halogens is 1. The van der Waals surface area contributed by atoms with Crippen molar-refractivity contribution in [1.29, 1.82) is 0 Å². The van der Waals surface area contributed by atoms with Gasteiger partial charge in [0, 0.05) is 20.9 Å². The average Bonchev–Trinajstić information content (AvgIpc) is 2.93. The molecule has 0 amide bonds. The molecule has 3 aromatic carbocycles. The normalized spacial score (nSPS) is 11.0. The second kappa shape index (κ2) is 6.15. The summed E-state index contributed by atoms with van der Waals surface area (Å²) in [5, 5.41) is 2.75. The molecule has 1 nitrogen and oxygen atoms in total. The predicted octanol–water partition coefficient (Wildman–Crippen LogP) is 6.90. The van der Waals surface area contributed by atoms with Crippen LogP contribution >= 0.6 is 23.4 Å². The molecule has 112 valence electrons. The molecule has 0 spiro atoms. The number of hydrogen-bond acceptors (Lipinski definition) is 2. The molecule has 0 saturated heterocycles. The van der Waals surface area contributed by atoms with Crippen LogP contribution in [0.3, 0.4) is 0 Å². The molecule has 4 rings (SSSR count). The number of fused-ring (bicyclic) bond motifs is 1. The van der Waals surface area contributed by atoms with Crippen molar-refractivity contribution in [3.63, 3.8) is 0 Å². The van der Waals surface area contributed by atoms with Gasteiger partial charge in [-0.3, -0.25) is 0 Å². The quantitative estimate of drug-likeness (QED) is 0.403. The number of para-hydroxylation sites is 1. The third-order valence-electron chi connectivity index (χ3n) is 3.63. The van der Waals surface area contributed by atoms with Gasteiger partial charge in [-0.2, -0.15) is 0 Å². The van der Waals surface area contributed by atoms with Gasteiger partial charge in [-0.15, -0.1) is 0 Å². The minimum Gasteiger partial charge on any atom is -0.449 e. The van der Waals surface area contributed by atoms with Crippen molar-refractivity contribution in [2.45, 2.75) is 9.99 Å². The SMILES string of the molecule is Clc1cccc(Sc2oc3ccccc3c2-c2ccccc2)c1. The van der Waals surface area contributed by atoms with Gasteiger partial charge >= 0.3 is 0 Å². The largest absolute Gasteiger partial charge is 0.449 e. The fraction of sp³-hybridized carbons (Fsp3) is 0. The average molecular weight is 337 g/mol. The van der Waals surface area contributed by atoms with Crippen LogP contribution in [0.25, 0.3) is 22.1 Å². The summed E-state index contributed by atoms with van der Waals surface area (Å²) >= 11 is 7.70. The Bertz CT molecular complexity index is 960. The first kappa shape index (κ1) is 14.4. The fourth-order valence-electron chi connectivity index (χ4n) is 2.61. The third kappa shape index (κ3) is 2.88. The Morgan fingerprint density at radius 3 is 2.39 bits per heavy atom. The van der Waals surface area contributed by atoms with Crippen LogP contribution < -0.4 is 0 Å². The smallest absolute Gasteiger partial charge is 0.174 e. The van der Waals surface area contributed by atoms with Crippen molar-refractivity contribution in [2.24, 2.45) is 0 Å². The molecule has 3 heteroatoms. The number of benzene rings is 3. The van der Waals surface area contributed by atoms with E-state index in [1.165, 1.54) is 0 Å². The van der Waals surface area contributed by atoms with Crippen LogP contribution in [0.15, 0.2) is 93.3 Å². The minimum absolute atomic E-state index is 0.729. The zero-order chi connectivity index (χ0) is 15.6. The molecule has 23 heavy (non-hydrogen) atoms. The topological polar surface area (TPSA) is 13.1 Å². The van der Waals surface area contributed by atoms with Crippen molar-refractivity contribution in [3.8, 4) is 11.1 Å². The molecule has 0 saturated carbocycles. The molecule has 4 aromatic rings. The van der Waals surface area contributed by atoms with Crippen LogP contribution in [0.2, 0.25) is 5.02 Å². The monoisotopic (exact) mass is 336 g/mol. The van der Waals surface area contributed by atoms with E-state index in [0.717, 1.165) is 37.1 Å². The fourth-order valence-corrected chi connectivity index (χ4v) is 3.87. The van der Waals surface area contributed by atoms with E-state index in [4.69, 9.17) is 16.0 Å². The standard InChI is InChI=1S/C20H13ClOS/c21-15-9-6-10-16(13-15)23-20-19(14-7-2-1-3-8-14)17-11-4-5-12-18(17)22-20/h1-13H. The maximum Gasteiger partial charge on any atom is 0.174 e. The van der Waals surface area contributed by atoms with Crippen molar-refractivity contribution in [2.75, 3.05) is 0 Å². The Labute approximate surface area is 143 Å². The van der Waals surface area contributed by atoms with Crippen LogP contribution in [0.5, 0.6) is 0 Å². The second-order valence-corrected chi connectivity index (χ2v) is 6.67. The van der Waals surface area contributed by atoms with Gasteiger partial charge in [-0.05, 0) is 29.8 Å². The molecule has 1 heterocycles. The van der Waals surface area contributed by atoms with Crippen molar-refractivity contribution in [1.82, 2.24) is 0 Å². The van der Waals surface area contributed by atoms with Gasteiger partial charge in [0.1, 0.15) is 5.58 Å². The van der Waals surface area contributed by atoms with Crippen molar-refractivity contribution >= 4 is 34.3 Å². The molecular weight excluding hydrogens is 324 g/mol. The highest BCUT2D eigenvalue weighted by Crippen LogP contribution is 2.43. The van der Waals surface area contributed by atoms with Crippen LogP contribution in [0, 0.1) is 0 Å². The first-order chi connectivity index (χ1) is 11.3. The van der Waals surface area contributed by atoms with Gasteiger partial charge in [0.25, 0.3) is 0 Å². The van der Waals surface area contributed by atoms with E-state index < -0.39 is 0 Å². The predicted molar refractivity (Wildman–Crippen MR) is 97.2 cm³/mol. The molecule has 0 bridgehead atoms. The van der Waals surface area contributed by atoms with E-state index in [-0.39, 0.29) is 0 Å². The highest BCUT2D eigenvalue weighted by Gasteiger charge is 2.16. The first-order valence-electron chi connectivity index (χ1n) is 7.31. The number of hydrogen-bond donors (Lipinski definition) is 0. The molecule has 0 N–H and O–H groups in total.